The van der Waals surface area contributed by atoms with Crippen LogP contribution in [0.3, 0.4) is 0 Å². The molecule has 12 heteroatoms. The summed E-state index contributed by atoms with van der Waals surface area (Å²) in [5.74, 6) is -0.133. The fourth-order valence-corrected chi connectivity index (χ4v) is 3.73. The Morgan fingerprint density at radius 1 is 1.21 bits per heavy atom. The highest BCUT2D eigenvalue weighted by molar-refractivity contribution is 6.30. The zero-order valence-corrected chi connectivity index (χ0v) is 18.5. The number of benzene rings is 2. The van der Waals surface area contributed by atoms with Gasteiger partial charge in [-0.3, -0.25) is 20.2 Å². The summed E-state index contributed by atoms with van der Waals surface area (Å²) < 4.78 is 0. The molecule has 1 fully saturated rings. The van der Waals surface area contributed by atoms with Crippen LogP contribution in [0.4, 0.5) is 10.5 Å². The third-order valence-electron chi connectivity index (χ3n) is 5.45. The van der Waals surface area contributed by atoms with Crippen molar-refractivity contribution < 1.29 is 14.5 Å². The largest absolute Gasteiger partial charge is 0.325 e. The number of hydrazone groups is 1. The predicted molar refractivity (Wildman–Crippen MR) is 122 cm³/mol. The van der Waals surface area contributed by atoms with Crippen LogP contribution in [-0.4, -0.2) is 57.6 Å². The van der Waals surface area contributed by atoms with Crippen LogP contribution in [0.2, 0.25) is 5.02 Å². The number of non-ortho nitro benzene ring substituents is 1. The molecule has 2 heterocycles. The van der Waals surface area contributed by atoms with Gasteiger partial charge in [0, 0.05) is 30.7 Å². The van der Waals surface area contributed by atoms with E-state index in [1.165, 1.54) is 17.0 Å². The Morgan fingerprint density at radius 2 is 1.88 bits per heavy atom. The number of fused-ring (bicyclic) bond motifs is 1. The van der Waals surface area contributed by atoms with Crippen LogP contribution < -0.4 is 10.7 Å². The third-order valence-corrected chi connectivity index (χ3v) is 5.70. The van der Waals surface area contributed by atoms with E-state index >= 15 is 0 Å². The molecule has 0 aliphatic carbocycles. The standard InChI is InChI=1S/C21H20ClN7O4/c1-12(14-5-9-16(10-6-14)29(32)33)25-26-20-23-18-17(19(30)24-21(31)27(18)2)28(20)11-13-3-7-15(22)8-4-13/h3-10,17-18H,11H2,1-2H3,(H,23,26)(H,24,30,31)/b25-12-. The van der Waals surface area contributed by atoms with Crippen molar-refractivity contribution in [3.05, 3.63) is 74.8 Å². The lowest BCUT2D eigenvalue weighted by molar-refractivity contribution is -0.384. The summed E-state index contributed by atoms with van der Waals surface area (Å²) in [6.07, 6.45) is -0.712. The maximum absolute atomic E-state index is 12.7. The van der Waals surface area contributed by atoms with Gasteiger partial charge in [0.1, 0.15) is 0 Å². The first kappa shape index (κ1) is 22.2. The van der Waals surface area contributed by atoms with Gasteiger partial charge in [-0.2, -0.15) is 5.10 Å². The minimum absolute atomic E-state index is 0.0170. The van der Waals surface area contributed by atoms with Crippen molar-refractivity contribution >= 4 is 40.9 Å². The van der Waals surface area contributed by atoms with Gasteiger partial charge in [-0.15, -0.1) is 0 Å². The van der Waals surface area contributed by atoms with Crippen LogP contribution in [0.5, 0.6) is 0 Å². The molecule has 3 amide bonds. The number of urea groups is 1. The number of carbonyl (C=O) groups excluding carboxylic acids is 2. The first-order valence-electron chi connectivity index (χ1n) is 9.96. The second-order valence-corrected chi connectivity index (χ2v) is 8.02. The van der Waals surface area contributed by atoms with Crippen LogP contribution in [0.25, 0.3) is 0 Å². The molecular weight excluding hydrogens is 450 g/mol. The second-order valence-electron chi connectivity index (χ2n) is 7.58. The smallest absolute Gasteiger partial charge is 0.321 e. The average molecular weight is 470 g/mol. The Balaban J connectivity index is 1.60. The number of hydrogen-bond acceptors (Lipinski definition) is 8. The number of guanidine groups is 1. The molecule has 0 bridgehead atoms. The number of halogens is 1. The summed E-state index contributed by atoms with van der Waals surface area (Å²) in [5, 5.41) is 18.1. The molecule has 2 unspecified atom stereocenters. The minimum Gasteiger partial charge on any atom is -0.321 e. The lowest BCUT2D eigenvalue weighted by Crippen LogP contribution is -2.63. The molecule has 2 aromatic rings. The van der Waals surface area contributed by atoms with E-state index in [1.807, 2.05) is 12.1 Å². The van der Waals surface area contributed by atoms with E-state index in [2.05, 4.69) is 20.8 Å². The average Bonchev–Trinajstić information content (AvgIpc) is 3.16. The van der Waals surface area contributed by atoms with Gasteiger partial charge in [0.05, 0.1) is 10.6 Å². The SMILES string of the molecule is C/C(=N/NC1=NC2C(C(=O)NC(=O)N2C)N1Cc1ccc(Cl)cc1)c1ccc([N+](=O)[O-])cc1. The first-order valence-corrected chi connectivity index (χ1v) is 10.3. The van der Waals surface area contributed by atoms with Crippen LogP contribution in [0.15, 0.2) is 58.6 Å². The summed E-state index contributed by atoms with van der Waals surface area (Å²) in [6, 6.07) is 11.9. The number of imide groups is 1. The van der Waals surface area contributed by atoms with Gasteiger partial charge in [-0.1, -0.05) is 23.7 Å². The molecule has 1 saturated heterocycles. The number of nitrogens with zero attached hydrogens (tertiary/aromatic N) is 5. The summed E-state index contributed by atoms with van der Waals surface area (Å²) in [7, 11) is 1.57. The number of rotatable bonds is 5. The van der Waals surface area contributed by atoms with Crippen LogP contribution in [0.1, 0.15) is 18.1 Å². The summed E-state index contributed by atoms with van der Waals surface area (Å²) in [6.45, 7) is 2.06. The van der Waals surface area contributed by atoms with E-state index in [-0.39, 0.29) is 5.69 Å². The molecule has 11 nitrogen and oxygen atoms in total. The molecule has 2 aliphatic rings. The van der Waals surface area contributed by atoms with Gasteiger partial charge in [0.25, 0.3) is 11.6 Å². The maximum Gasteiger partial charge on any atom is 0.325 e. The fraction of sp³-hybridized carbons (Fsp3) is 0.238. The van der Waals surface area contributed by atoms with Gasteiger partial charge in [-0.05, 0) is 42.3 Å². The second kappa shape index (κ2) is 8.87. The van der Waals surface area contributed by atoms with E-state index in [0.717, 1.165) is 5.56 Å². The predicted octanol–water partition coefficient (Wildman–Crippen LogP) is 2.31. The number of nitro benzene ring substituents is 1. The molecule has 2 atom stereocenters. The van der Waals surface area contributed by atoms with Gasteiger partial charge >= 0.3 is 6.03 Å². The highest BCUT2D eigenvalue weighted by Crippen LogP contribution is 2.25. The summed E-state index contributed by atoms with van der Waals surface area (Å²) in [4.78, 5) is 42.8. The van der Waals surface area contributed by atoms with Crippen LogP contribution >= 0.6 is 11.6 Å². The number of nitrogens with one attached hydrogen (secondary N) is 2. The van der Waals surface area contributed by atoms with Crippen molar-refractivity contribution in [1.29, 1.82) is 0 Å². The molecule has 2 aliphatic heterocycles. The molecular formula is C21H20ClN7O4. The zero-order valence-electron chi connectivity index (χ0n) is 17.7. The number of likely N-dealkylation sites (N-methyl/N-ethyl adjacent to an activating group) is 1. The van der Waals surface area contributed by atoms with Crippen molar-refractivity contribution in [3.8, 4) is 0 Å². The highest BCUT2D eigenvalue weighted by Gasteiger charge is 2.48. The lowest BCUT2D eigenvalue weighted by atomic mass is 10.1. The number of amides is 3. The summed E-state index contributed by atoms with van der Waals surface area (Å²) >= 11 is 5.98. The van der Waals surface area contributed by atoms with Crippen LogP contribution in [-0.2, 0) is 11.3 Å². The number of hydrogen-bond donors (Lipinski definition) is 2. The molecule has 33 heavy (non-hydrogen) atoms. The van der Waals surface area contributed by atoms with E-state index < -0.39 is 29.1 Å². The quantitative estimate of drug-likeness (QED) is 0.392. The molecule has 0 aromatic heterocycles. The van der Waals surface area contributed by atoms with E-state index in [4.69, 9.17) is 11.6 Å². The van der Waals surface area contributed by atoms with Gasteiger partial charge in [0.15, 0.2) is 12.2 Å². The molecule has 170 valence electrons. The Labute approximate surface area is 193 Å². The van der Waals surface area contributed by atoms with Crippen LogP contribution in [0, 0.1) is 10.1 Å². The van der Waals surface area contributed by atoms with Gasteiger partial charge in [0.2, 0.25) is 5.96 Å². The summed E-state index contributed by atoms with van der Waals surface area (Å²) in [5.41, 5.74) is 5.00. The molecule has 4 rings (SSSR count). The number of aliphatic imine (C=N–C) groups is 1. The molecule has 0 radical (unpaired) electrons. The molecule has 0 spiro atoms. The van der Waals surface area contributed by atoms with E-state index in [9.17, 15) is 19.7 Å². The topological polar surface area (TPSA) is 133 Å². The Kier molecular flexibility index (Phi) is 5.97. The van der Waals surface area contributed by atoms with E-state index in [1.54, 1.807) is 43.1 Å². The van der Waals surface area contributed by atoms with Crippen molar-refractivity contribution in [2.24, 2.45) is 10.1 Å². The first-order chi connectivity index (χ1) is 15.7. The Hall–Kier alpha value is -3.99. The van der Waals surface area contributed by atoms with Crippen molar-refractivity contribution in [2.75, 3.05) is 7.05 Å². The van der Waals surface area contributed by atoms with Gasteiger partial charge < -0.3 is 9.80 Å². The number of carbonyl (C=O) groups is 2. The zero-order chi connectivity index (χ0) is 23.7. The van der Waals surface area contributed by atoms with Crippen molar-refractivity contribution in [3.63, 3.8) is 0 Å². The molecule has 2 aromatic carbocycles. The highest BCUT2D eigenvalue weighted by atomic mass is 35.5. The molecule has 0 saturated carbocycles. The third kappa shape index (κ3) is 4.48. The van der Waals surface area contributed by atoms with Gasteiger partial charge in [-0.25, -0.2) is 15.2 Å². The maximum atomic E-state index is 12.7. The monoisotopic (exact) mass is 469 g/mol. The normalized spacial score (nSPS) is 20.3. The fourth-order valence-electron chi connectivity index (χ4n) is 3.60. The lowest BCUT2D eigenvalue weighted by Gasteiger charge is -2.36. The van der Waals surface area contributed by atoms with Crippen molar-refractivity contribution in [1.82, 2.24) is 20.5 Å². The Morgan fingerprint density at radius 3 is 2.52 bits per heavy atom. The van der Waals surface area contributed by atoms with Crippen molar-refractivity contribution in [2.45, 2.75) is 25.7 Å². The minimum atomic E-state index is -0.735. The number of nitro groups is 1. The molecule has 2 N–H and O–H groups in total. The Bertz CT molecular complexity index is 1160. The van der Waals surface area contributed by atoms with E-state index in [0.29, 0.717) is 28.8 Å².